The smallest absolute Gasteiger partial charge is 0.269 e. The SMILES string of the molecule is COc1ccc(C)cc1N[C@@H]1CCCN(C(=O)c2ccc([N+](=O)[O-])cc2)C1. The number of non-ortho nitro benzene ring substituents is 1. The van der Waals surface area contributed by atoms with Crippen molar-refractivity contribution < 1.29 is 14.5 Å². The maximum Gasteiger partial charge on any atom is 0.269 e. The van der Waals surface area contributed by atoms with Gasteiger partial charge in [-0.2, -0.15) is 0 Å². The van der Waals surface area contributed by atoms with Crippen LogP contribution in [0.15, 0.2) is 42.5 Å². The molecule has 1 amide bonds. The molecule has 0 radical (unpaired) electrons. The highest BCUT2D eigenvalue weighted by molar-refractivity contribution is 5.94. The monoisotopic (exact) mass is 369 g/mol. The van der Waals surface area contributed by atoms with Gasteiger partial charge < -0.3 is 15.0 Å². The fourth-order valence-electron chi connectivity index (χ4n) is 3.34. The molecule has 1 aliphatic heterocycles. The number of hydrogen-bond donors (Lipinski definition) is 1. The lowest BCUT2D eigenvalue weighted by Crippen LogP contribution is -2.45. The Labute approximate surface area is 158 Å². The Morgan fingerprint density at radius 2 is 2.00 bits per heavy atom. The van der Waals surface area contributed by atoms with Gasteiger partial charge in [-0.25, -0.2) is 0 Å². The van der Waals surface area contributed by atoms with Gasteiger partial charge >= 0.3 is 0 Å². The van der Waals surface area contributed by atoms with Gasteiger partial charge in [0.05, 0.1) is 17.7 Å². The third-order valence-corrected chi connectivity index (χ3v) is 4.75. The van der Waals surface area contributed by atoms with Crippen LogP contribution in [0.4, 0.5) is 11.4 Å². The summed E-state index contributed by atoms with van der Waals surface area (Å²) >= 11 is 0. The normalized spacial score (nSPS) is 16.7. The molecule has 7 nitrogen and oxygen atoms in total. The highest BCUT2D eigenvalue weighted by Crippen LogP contribution is 2.28. The number of ether oxygens (including phenoxy) is 1. The molecule has 1 N–H and O–H groups in total. The number of likely N-dealkylation sites (tertiary alicyclic amines) is 1. The van der Waals surface area contributed by atoms with Crippen LogP contribution in [0.5, 0.6) is 5.75 Å². The van der Waals surface area contributed by atoms with Gasteiger partial charge in [0, 0.05) is 36.8 Å². The van der Waals surface area contributed by atoms with E-state index in [4.69, 9.17) is 4.74 Å². The van der Waals surface area contributed by atoms with E-state index in [2.05, 4.69) is 5.32 Å². The zero-order chi connectivity index (χ0) is 19.4. The highest BCUT2D eigenvalue weighted by Gasteiger charge is 2.25. The number of nitro groups is 1. The van der Waals surface area contributed by atoms with Crippen LogP contribution < -0.4 is 10.1 Å². The summed E-state index contributed by atoms with van der Waals surface area (Å²) in [6, 6.07) is 11.8. The molecule has 1 fully saturated rings. The molecule has 0 saturated carbocycles. The average molecular weight is 369 g/mol. The Morgan fingerprint density at radius 1 is 1.26 bits per heavy atom. The van der Waals surface area contributed by atoms with Crippen LogP contribution in [0.3, 0.4) is 0 Å². The van der Waals surface area contributed by atoms with Crippen LogP contribution in [0.2, 0.25) is 0 Å². The van der Waals surface area contributed by atoms with Crippen molar-refractivity contribution in [3.05, 3.63) is 63.7 Å². The summed E-state index contributed by atoms with van der Waals surface area (Å²) in [5, 5.41) is 14.3. The second kappa shape index (κ2) is 8.07. The summed E-state index contributed by atoms with van der Waals surface area (Å²) in [5.74, 6) is 0.673. The minimum atomic E-state index is -0.468. The summed E-state index contributed by atoms with van der Waals surface area (Å²) in [6.45, 7) is 3.28. The van der Waals surface area contributed by atoms with Crippen LogP contribution in [0.1, 0.15) is 28.8 Å². The zero-order valence-electron chi connectivity index (χ0n) is 15.5. The number of benzene rings is 2. The molecule has 142 valence electrons. The standard InChI is InChI=1S/C20H23N3O4/c1-14-5-10-19(27-2)18(12-14)21-16-4-3-11-22(13-16)20(24)15-6-8-17(9-7-15)23(25)26/h5-10,12,16,21H,3-4,11,13H2,1-2H3/t16-/m1/s1. The third kappa shape index (κ3) is 4.36. The molecule has 0 bridgehead atoms. The molecule has 27 heavy (non-hydrogen) atoms. The minimum absolute atomic E-state index is 0.0173. The molecule has 0 unspecified atom stereocenters. The summed E-state index contributed by atoms with van der Waals surface area (Å²) in [4.78, 5) is 24.9. The lowest BCUT2D eigenvalue weighted by Gasteiger charge is -2.34. The van der Waals surface area contributed by atoms with Crippen molar-refractivity contribution in [3.8, 4) is 5.75 Å². The Bertz CT molecular complexity index is 836. The molecule has 0 aromatic heterocycles. The predicted molar refractivity (Wildman–Crippen MR) is 103 cm³/mol. The van der Waals surface area contributed by atoms with Gasteiger partial charge in [-0.3, -0.25) is 14.9 Å². The van der Waals surface area contributed by atoms with E-state index in [1.54, 1.807) is 12.0 Å². The number of rotatable bonds is 5. The second-order valence-corrected chi connectivity index (χ2v) is 6.74. The Kier molecular flexibility index (Phi) is 5.59. The van der Waals surface area contributed by atoms with Crippen LogP contribution in [0, 0.1) is 17.0 Å². The fourth-order valence-corrected chi connectivity index (χ4v) is 3.34. The molecule has 1 atom stereocenters. The van der Waals surface area contributed by atoms with Crippen molar-refractivity contribution in [2.45, 2.75) is 25.8 Å². The molecule has 1 aliphatic rings. The van der Waals surface area contributed by atoms with Gasteiger partial charge in [-0.15, -0.1) is 0 Å². The number of methoxy groups -OCH3 is 1. The topological polar surface area (TPSA) is 84.7 Å². The number of anilines is 1. The molecule has 2 aromatic carbocycles. The molecule has 1 saturated heterocycles. The molecule has 1 heterocycles. The van der Waals surface area contributed by atoms with Gasteiger partial charge in [0.1, 0.15) is 5.75 Å². The van der Waals surface area contributed by atoms with Crippen molar-refractivity contribution in [3.63, 3.8) is 0 Å². The summed E-state index contributed by atoms with van der Waals surface area (Å²) < 4.78 is 5.42. The van der Waals surface area contributed by atoms with E-state index >= 15 is 0 Å². The molecular formula is C20H23N3O4. The third-order valence-electron chi connectivity index (χ3n) is 4.75. The number of amides is 1. The van der Waals surface area contributed by atoms with E-state index in [1.807, 2.05) is 25.1 Å². The van der Waals surface area contributed by atoms with Crippen LogP contribution in [-0.2, 0) is 0 Å². The zero-order valence-corrected chi connectivity index (χ0v) is 15.5. The van der Waals surface area contributed by atoms with Gasteiger partial charge in [0.15, 0.2) is 0 Å². The van der Waals surface area contributed by atoms with E-state index < -0.39 is 4.92 Å². The first-order chi connectivity index (χ1) is 13.0. The minimum Gasteiger partial charge on any atom is -0.495 e. The first kappa shape index (κ1) is 18.7. The van der Waals surface area contributed by atoms with Crippen molar-refractivity contribution in [2.24, 2.45) is 0 Å². The van der Waals surface area contributed by atoms with Gasteiger partial charge in [-0.05, 0) is 49.6 Å². The van der Waals surface area contributed by atoms with Crippen molar-refractivity contribution in [1.82, 2.24) is 4.90 Å². The van der Waals surface area contributed by atoms with E-state index in [0.717, 1.165) is 29.8 Å². The lowest BCUT2D eigenvalue weighted by atomic mass is 10.0. The van der Waals surface area contributed by atoms with Gasteiger partial charge in [0.2, 0.25) is 0 Å². The summed E-state index contributed by atoms with van der Waals surface area (Å²) in [5.41, 5.74) is 2.51. The van der Waals surface area contributed by atoms with Crippen molar-refractivity contribution in [1.29, 1.82) is 0 Å². The molecular weight excluding hydrogens is 346 g/mol. The number of hydrogen-bond acceptors (Lipinski definition) is 5. The molecule has 0 spiro atoms. The van der Waals surface area contributed by atoms with Crippen LogP contribution in [0.25, 0.3) is 0 Å². The lowest BCUT2D eigenvalue weighted by molar-refractivity contribution is -0.384. The molecule has 3 rings (SSSR count). The number of nitrogens with one attached hydrogen (secondary N) is 1. The molecule has 7 heteroatoms. The fraction of sp³-hybridized carbons (Fsp3) is 0.350. The van der Waals surface area contributed by atoms with Crippen molar-refractivity contribution in [2.75, 3.05) is 25.5 Å². The highest BCUT2D eigenvalue weighted by atomic mass is 16.6. The van der Waals surface area contributed by atoms with E-state index in [0.29, 0.717) is 18.7 Å². The second-order valence-electron chi connectivity index (χ2n) is 6.74. The first-order valence-corrected chi connectivity index (χ1v) is 8.93. The number of carbonyl (C=O) groups is 1. The number of carbonyl (C=O) groups excluding carboxylic acids is 1. The van der Waals surface area contributed by atoms with Crippen LogP contribution in [-0.4, -0.2) is 42.0 Å². The van der Waals surface area contributed by atoms with Gasteiger partial charge in [0.25, 0.3) is 11.6 Å². The number of nitrogens with zero attached hydrogens (tertiary/aromatic N) is 2. The summed E-state index contributed by atoms with van der Waals surface area (Å²) in [6.07, 6.45) is 1.85. The molecule has 0 aliphatic carbocycles. The first-order valence-electron chi connectivity index (χ1n) is 8.93. The quantitative estimate of drug-likeness (QED) is 0.643. The predicted octanol–water partition coefficient (Wildman–Crippen LogP) is 3.63. The summed E-state index contributed by atoms with van der Waals surface area (Å²) in [7, 11) is 1.64. The van der Waals surface area contributed by atoms with E-state index in [-0.39, 0.29) is 17.6 Å². The Hall–Kier alpha value is -3.09. The Morgan fingerprint density at radius 3 is 2.67 bits per heavy atom. The molecule has 2 aromatic rings. The van der Waals surface area contributed by atoms with E-state index in [9.17, 15) is 14.9 Å². The maximum absolute atomic E-state index is 12.8. The number of piperidine rings is 1. The average Bonchev–Trinajstić information content (AvgIpc) is 2.68. The number of nitro benzene ring substituents is 1. The maximum atomic E-state index is 12.8. The number of aryl methyl sites for hydroxylation is 1. The van der Waals surface area contributed by atoms with Crippen LogP contribution >= 0.6 is 0 Å². The Balaban J connectivity index is 1.69. The largest absolute Gasteiger partial charge is 0.495 e. The van der Waals surface area contributed by atoms with E-state index in [1.165, 1.54) is 24.3 Å². The van der Waals surface area contributed by atoms with Gasteiger partial charge in [-0.1, -0.05) is 6.07 Å². The van der Waals surface area contributed by atoms with Crippen molar-refractivity contribution >= 4 is 17.3 Å².